The molecule has 5 rings (SSSR count). The van der Waals surface area contributed by atoms with Crippen molar-refractivity contribution in [3.63, 3.8) is 0 Å². The predicted octanol–water partition coefficient (Wildman–Crippen LogP) is 6.45. The minimum absolute atomic E-state index is 0.0796. The molecule has 0 saturated carbocycles. The van der Waals surface area contributed by atoms with Gasteiger partial charge in [0, 0.05) is 37.2 Å². The van der Waals surface area contributed by atoms with E-state index >= 15 is 0 Å². The van der Waals surface area contributed by atoms with Crippen LogP contribution in [-0.4, -0.2) is 90.2 Å². The molecule has 0 bridgehead atoms. The fourth-order valence-electron chi connectivity index (χ4n) is 6.30. The number of nitrogens with zero attached hydrogens (tertiary/aromatic N) is 2. The molecule has 1 aliphatic heterocycles. The molecule has 0 spiro atoms. The van der Waals surface area contributed by atoms with Crippen LogP contribution in [0.25, 0.3) is 0 Å². The van der Waals surface area contributed by atoms with E-state index in [0.717, 1.165) is 28.0 Å². The molecular weight excluding hydrogens is 713 g/mol. The van der Waals surface area contributed by atoms with Crippen molar-refractivity contribution in [1.29, 1.82) is 0 Å². The van der Waals surface area contributed by atoms with Crippen LogP contribution in [0.3, 0.4) is 0 Å². The third-order valence-corrected chi connectivity index (χ3v) is 10.7. The van der Waals surface area contributed by atoms with Crippen LogP contribution in [0.1, 0.15) is 41.0 Å². The van der Waals surface area contributed by atoms with Crippen molar-refractivity contribution in [3.05, 3.63) is 119 Å². The third kappa shape index (κ3) is 11.0. The van der Waals surface area contributed by atoms with Crippen LogP contribution in [0.4, 0.5) is 10.5 Å². The summed E-state index contributed by atoms with van der Waals surface area (Å²) in [7, 11) is -0.673. The zero-order valence-corrected chi connectivity index (χ0v) is 31.7. The molecule has 12 nitrogen and oxygen atoms in total. The molecule has 1 N–H and O–H groups in total. The van der Waals surface area contributed by atoms with Crippen LogP contribution in [0.2, 0.25) is 0 Å². The first-order valence-corrected chi connectivity index (χ1v) is 19.3. The van der Waals surface area contributed by atoms with Gasteiger partial charge in [-0.3, -0.25) is 8.98 Å². The lowest BCUT2D eigenvalue weighted by atomic mass is 9.87. The number of ether oxygens (including phenoxy) is 4. The molecule has 288 valence electrons. The van der Waals surface area contributed by atoms with Crippen LogP contribution in [-0.2, 0) is 41.6 Å². The number of hydrogen-bond donors (Lipinski definition) is 1. The number of methoxy groups -OCH3 is 1. The van der Waals surface area contributed by atoms with Crippen LogP contribution in [0, 0.1) is 6.92 Å². The fraction of sp³-hybridized carbons (Fsp3) is 0.366. The van der Waals surface area contributed by atoms with Crippen LogP contribution >= 0.6 is 0 Å². The highest BCUT2D eigenvalue weighted by atomic mass is 32.2. The lowest BCUT2D eigenvalue weighted by Crippen LogP contribution is -2.47. The molecule has 54 heavy (non-hydrogen) atoms. The van der Waals surface area contributed by atoms with E-state index < -0.39 is 22.3 Å². The van der Waals surface area contributed by atoms with Crippen molar-refractivity contribution in [1.82, 2.24) is 4.90 Å². The number of hydrogen-bond acceptors (Lipinski definition) is 9. The minimum atomic E-state index is -3.94. The van der Waals surface area contributed by atoms with Crippen LogP contribution < -0.4 is 14.4 Å². The summed E-state index contributed by atoms with van der Waals surface area (Å²) in [6, 6.07) is 29.0. The van der Waals surface area contributed by atoms with Crippen molar-refractivity contribution < 1.29 is 46.2 Å². The average molecular weight is 761 g/mol. The van der Waals surface area contributed by atoms with Crippen molar-refractivity contribution in [2.45, 2.75) is 49.7 Å². The molecule has 1 aliphatic rings. The Balaban J connectivity index is 1.13. The maximum absolute atomic E-state index is 13.5. The summed E-state index contributed by atoms with van der Waals surface area (Å²) in [6.45, 7) is 3.41. The van der Waals surface area contributed by atoms with Gasteiger partial charge in [-0.05, 0) is 67.3 Å². The molecule has 1 heterocycles. The van der Waals surface area contributed by atoms with Gasteiger partial charge in [0.15, 0.2) is 0 Å². The Bertz CT molecular complexity index is 1940. The molecule has 0 aromatic heterocycles. The molecule has 1 saturated heterocycles. The topological polar surface area (TPSA) is 141 Å². The summed E-state index contributed by atoms with van der Waals surface area (Å²) in [5, 5.41) is 9.73. The minimum Gasteiger partial charge on any atom is -0.496 e. The lowest BCUT2D eigenvalue weighted by Gasteiger charge is -2.37. The molecule has 0 aliphatic carbocycles. The summed E-state index contributed by atoms with van der Waals surface area (Å²) in [5.41, 5.74) is 4.20. The summed E-state index contributed by atoms with van der Waals surface area (Å²) in [4.78, 5) is 28.2. The van der Waals surface area contributed by atoms with Crippen molar-refractivity contribution in [2.24, 2.45) is 0 Å². The van der Waals surface area contributed by atoms with E-state index in [1.165, 1.54) is 21.9 Å². The molecule has 0 radical (unpaired) electrons. The van der Waals surface area contributed by atoms with Crippen LogP contribution in [0.5, 0.6) is 11.5 Å². The third-order valence-electron chi connectivity index (χ3n) is 9.36. The zero-order chi connectivity index (χ0) is 38.5. The van der Waals surface area contributed by atoms with Gasteiger partial charge in [0.25, 0.3) is 16.0 Å². The normalized spacial score (nSPS) is 15.8. The van der Waals surface area contributed by atoms with Gasteiger partial charge in [0.2, 0.25) is 0 Å². The van der Waals surface area contributed by atoms with Gasteiger partial charge in [-0.15, -0.1) is 0 Å². The van der Waals surface area contributed by atoms with Gasteiger partial charge in [-0.2, -0.15) is 8.42 Å². The Kier molecular flexibility index (Phi) is 14.5. The Labute approximate surface area is 317 Å². The summed E-state index contributed by atoms with van der Waals surface area (Å²) < 4.78 is 53.9. The maximum atomic E-state index is 13.5. The number of amides is 2. The number of likely N-dealkylation sites (N-methyl/N-ethyl adjacent to an activating group) is 1. The number of para-hydroxylation sites is 2. The largest absolute Gasteiger partial charge is 0.496 e. The molecule has 4 aromatic rings. The van der Waals surface area contributed by atoms with E-state index in [0.29, 0.717) is 50.6 Å². The first kappa shape index (κ1) is 40.2. The molecule has 13 heteroatoms. The van der Waals surface area contributed by atoms with E-state index in [1.807, 2.05) is 67.6 Å². The van der Waals surface area contributed by atoms with E-state index in [1.54, 1.807) is 38.4 Å². The number of aryl methyl sites for hydroxylation is 1. The number of carbonyl (C=O) groups excluding carboxylic acids is 1. The van der Waals surface area contributed by atoms with Gasteiger partial charge >= 0.3 is 6.09 Å². The van der Waals surface area contributed by atoms with Gasteiger partial charge in [-0.1, -0.05) is 66.2 Å². The fourth-order valence-corrected chi connectivity index (χ4v) is 7.21. The molecular formula is C41H48N2O10S. The quantitative estimate of drug-likeness (QED) is 0.0889. The second-order valence-electron chi connectivity index (χ2n) is 13.0. The second-order valence-corrected chi connectivity index (χ2v) is 14.6. The summed E-state index contributed by atoms with van der Waals surface area (Å²) >= 11 is 0. The lowest BCUT2D eigenvalue weighted by molar-refractivity contribution is -0.126. The van der Waals surface area contributed by atoms with E-state index in [4.69, 9.17) is 23.1 Å². The van der Waals surface area contributed by atoms with E-state index in [2.05, 4.69) is 0 Å². The summed E-state index contributed by atoms with van der Waals surface area (Å²) in [5.74, 6) is 1.02. The highest BCUT2D eigenvalue weighted by molar-refractivity contribution is 7.86. The van der Waals surface area contributed by atoms with Gasteiger partial charge in [-0.25, -0.2) is 4.79 Å². The second kappa shape index (κ2) is 19.4. The molecule has 2 amide bonds. The molecule has 2 unspecified atom stereocenters. The van der Waals surface area contributed by atoms with Gasteiger partial charge in [0.1, 0.15) is 18.1 Å². The highest BCUT2D eigenvalue weighted by Gasteiger charge is 2.34. The number of piperidine rings is 1. The Morgan fingerprint density at radius 2 is 1.59 bits per heavy atom. The Morgan fingerprint density at radius 1 is 0.889 bits per heavy atom. The number of likely N-dealkylation sites (tertiary alicyclic amines) is 1. The van der Waals surface area contributed by atoms with Crippen molar-refractivity contribution >= 4 is 27.8 Å². The number of carbonyl (C=O) groups is 2. The highest BCUT2D eigenvalue weighted by Crippen LogP contribution is 2.32. The number of rotatable bonds is 18. The van der Waals surface area contributed by atoms with Crippen molar-refractivity contribution in [2.75, 3.05) is 58.6 Å². The first-order chi connectivity index (χ1) is 26.1. The van der Waals surface area contributed by atoms with Gasteiger partial charge in [0.05, 0.1) is 51.1 Å². The summed E-state index contributed by atoms with van der Waals surface area (Å²) in [6.07, 6.45) is -0.123. The molecule has 1 fully saturated rings. The number of carboxylic acid groups (broad SMARTS) is 1. The molecule has 2 atom stereocenters. The van der Waals surface area contributed by atoms with E-state index in [-0.39, 0.29) is 42.9 Å². The number of benzene rings is 4. The van der Waals surface area contributed by atoms with E-state index in [9.17, 15) is 23.1 Å². The smallest absolute Gasteiger partial charge is 0.407 e. The Hall–Kier alpha value is -4.95. The maximum Gasteiger partial charge on any atom is 0.407 e. The SMILES string of the molecule is COc1ccccc1COCCCOc1ccc(C2CCN(C(=O)O)CC2OCC(=O)N(C)c2ccccc2CCOS(=O)(=O)c2ccc(C)cc2)cc1. The molecule has 4 aromatic carbocycles. The van der Waals surface area contributed by atoms with Crippen molar-refractivity contribution in [3.8, 4) is 11.5 Å². The number of anilines is 1. The predicted molar refractivity (Wildman–Crippen MR) is 204 cm³/mol. The monoisotopic (exact) mass is 760 g/mol. The Morgan fingerprint density at radius 3 is 2.31 bits per heavy atom. The van der Waals surface area contributed by atoms with Gasteiger partial charge < -0.3 is 33.9 Å². The standard InChI is InChI=1S/C41H48N2O10S/c1-30-13-19-35(20-14-30)54(47,48)53-26-22-32-9-4-6-11-37(32)42(2)40(44)29-52-39-27-43(41(45)46)23-21-36(39)31-15-17-34(18-16-31)51-25-8-24-50-28-33-10-5-7-12-38(33)49-3/h4-7,9-20,36,39H,8,21-29H2,1-3H3,(H,45,46). The zero-order valence-electron chi connectivity index (χ0n) is 30.9. The average Bonchev–Trinajstić information content (AvgIpc) is 3.18. The first-order valence-electron chi connectivity index (χ1n) is 17.9. The van der Waals surface area contributed by atoms with Crippen LogP contribution in [0.15, 0.2) is 102 Å².